The summed E-state index contributed by atoms with van der Waals surface area (Å²) in [4.78, 5) is 2.64. The summed E-state index contributed by atoms with van der Waals surface area (Å²) in [6.45, 7) is 7.86. The lowest BCUT2D eigenvalue weighted by molar-refractivity contribution is 0.112. The fraction of sp³-hybridized carbons (Fsp3) is 1.00. The first-order valence-electron chi connectivity index (χ1n) is 6.27. The molecule has 0 amide bonds. The lowest BCUT2D eigenvalue weighted by Gasteiger charge is -2.39. The maximum absolute atomic E-state index is 5.86. The number of nitrogens with zero attached hydrogens (tertiary/aromatic N) is 1. The van der Waals surface area contributed by atoms with Gasteiger partial charge in [0.2, 0.25) is 0 Å². The Balaban J connectivity index is 2.51. The van der Waals surface area contributed by atoms with E-state index in [9.17, 15) is 0 Å². The third kappa shape index (κ3) is 2.96. The summed E-state index contributed by atoms with van der Waals surface area (Å²) in [6.07, 6.45) is 6.78. The van der Waals surface area contributed by atoms with E-state index in [1.54, 1.807) is 0 Å². The van der Waals surface area contributed by atoms with E-state index in [0.717, 1.165) is 18.5 Å². The lowest BCUT2D eigenvalue weighted by Crippen LogP contribution is -2.45. The maximum atomic E-state index is 5.86. The van der Waals surface area contributed by atoms with Crippen LogP contribution >= 0.6 is 0 Å². The first-order chi connectivity index (χ1) is 6.83. The second-order valence-corrected chi connectivity index (χ2v) is 4.48. The summed E-state index contributed by atoms with van der Waals surface area (Å²) in [6, 6.07) is 0.777. The van der Waals surface area contributed by atoms with E-state index < -0.39 is 0 Å². The van der Waals surface area contributed by atoms with Crippen molar-refractivity contribution in [3.8, 4) is 0 Å². The summed E-state index contributed by atoms with van der Waals surface area (Å²) in [5.41, 5.74) is 5.86. The van der Waals surface area contributed by atoms with Crippen molar-refractivity contribution in [1.82, 2.24) is 4.90 Å². The fourth-order valence-electron chi connectivity index (χ4n) is 2.79. The monoisotopic (exact) mass is 198 g/mol. The van der Waals surface area contributed by atoms with Crippen molar-refractivity contribution in [3.63, 3.8) is 0 Å². The summed E-state index contributed by atoms with van der Waals surface area (Å²) in [7, 11) is 0. The second kappa shape index (κ2) is 6.41. The second-order valence-electron chi connectivity index (χ2n) is 4.48. The Labute approximate surface area is 88.8 Å². The molecule has 0 aliphatic heterocycles. The Morgan fingerprint density at radius 2 is 1.93 bits per heavy atom. The molecule has 1 saturated carbocycles. The quantitative estimate of drug-likeness (QED) is 0.734. The van der Waals surface area contributed by atoms with E-state index in [2.05, 4.69) is 18.7 Å². The van der Waals surface area contributed by atoms with Crippen molar-refractivity contribution >= 4 is 0 Å². The molecule has 2 atom stereocenters. The molecule has 2 unspecified atom stereocenters. The van der Waals surface area contributed by atoms with Gasteiger partial charge in [-0.2, -0.15) is 0 Å². The van der Waals surface area contributed by atoms with E-state index in [1.807, 2.05) is 0 Å². The first kappa shape index (κ1) is 12.0. The van der Waals surface area contributed by atoms with Crippen LogP contribution in [0.4, 0.5) is 0 Å². The minimum Gasteiger partial charge on any atom is -0.330 e. The molecular formula is C12H26N2. The van der Waals surface area contributed by atoms with Gasteiger partial charge in [-0.05, 0) is 44.8 Å². The van der Waals surface area contributed by atoms with Gasteiger partial charge in [0.05, 0.1) is 0 Å². The van der Waals surface area contributed by atoms with Crippen LogP contribution in [0.25, 0.3) is 0 Å². The molecule has 2 N–H and O–H groups in total. The standard InChI is InChI=1S/C12H26N2/c1-3-9-14(4-2)12-8-6-5-7-11(12)10-13/h11-12H,3-10,13H2,1-2H3. The number of hydrogen-bond donors (Lipinski definition) is 1. The highest BCUT2D eigenvalue weighted by atomic mass is 15.2. The van der Waals surface area contributed by atoms with Gasteiger partial charge in [0, 0.05) is 6.04 Å². The molecule has 0 aromatic heterocycles. The van der Waals surface area contributed by atoms with Crippen molar-refractivity contribution in [3.05, 3.63) is 0 Å². The van der Waals surface area contributed by atoms with Gasteiger partial charge in [-0.3, -0.25) is 0 Å². The van der Waals surface area contributed by atoms with Crippen molar-refractivity contribution in [1.29, 1.82) is 0 Å². The van der Waals surface area contributed by atoms with Gasteiger partial charge in [-0.25, -0.2) is 0 Å². The van der Waals surface area contributed by atoms with Crippen LogP contribution < -0.4 is 5.73 Å². The zero-order valence-corrected chi connectivity index (χ0v) is 9.84. The van der Waals surface area contributed by atoms with Crippen LogP contribution in [0.5, 0.6) is 0 Å². The third-order valence-electron chi connectivity index (χ3n) is 3.56. The van der Waals surface area contributed by atoms with Crippen LogP contribution in [0, 0.1) is 5.92 Å². The highest BCUT2D eigenvalue weighted by Gasteiger charge is 2.27. The molecule has 0 bridgehead atoms. The molecule has 1 aliphatic carbocycles. The Hall–Kier alpha value is -0.0800. The zero-order valence-electron chi connectivity index (χ0n) is 9.84. The van der Waals surface area contributed by atoms with Gasteiger partial charge < -0.3 is 10.6 Å². The average molecular weight is 198 g/mol. The molecule has 0 saturated heterocycles. The zero-order chi connectivity index (χ0) is 10.4. The Morgan fingerprint density at radius 3 is 2.50 bits per heavy atom. The largest absolute Gasteiger partial charge is 0.330 e. The number of nitrogens with two attached hydrogens (primary N) is 1. The van der Waals surface area contributed by atoms with Crippen LogP contribution in [0.3, 0.4) is 0 Å². The molecule has 1 rings (SSSR count). The molecule has 0 heterocycles. The van der Waals surface area contributed by atoms with E-state index in [1.165, 1.54) is 45.2 Å². The van der Waals surface area contributed by atoms with Crippen molar-refractivity contribution in [2.75, 3.05) is 19.6 Å². The highest BCUT2D eigenvalue weighted by molar-refractivity contribution is 4.83. The predicted octanol–water partition coefficient (Wildman–Crippen LogP) is 2.24. The fourth-order valence-corrected chi connectivity index (χ4v) is 2.79. The maximum Gasteiger partial charge on any atom is 0.0135 e. The summed E-state index contributed by atoms with van der Waals surface area (Å²) < 4.78 is 0. The van der Waals surface area contributed by atoms with Gasteiger partial charge >= 0.3 is 0 Å². The SMILES string of the molecule is CCCN(CC)C1CCCCC1CN. The lowest BCUT2D eigenvalue weighted by atomic mass is 9.83. The van der Waals surface area contributed by atoms with Crippen LogP contribution in [-0.2, 0) is 0 Å². The van der Waals surface area contributed by atoms with Gasteiger partial charge in [0.25, 0.3) is 0 Å². The summed E-state index contributed by atoms with van der Waals surface area (Å²) in [5.74, 6) is 0.759. The molecule has 1 fully saturated rings. The Morgan fingerprint density at radius 1 is 1.21 bits per heavy atom. The molecule has 0 spiro atoms. The van der Waals surface area contributed by atoms with Crippen LogP contribution in [0.1, 0.15) is 46.0 Å². The van der Waals surface area contributed by atoms with E-state index >= 15 is 0 Å². The number of rotatable bonds is 5. The molecule has 1 aliphatic rings. The molecule has 2 nitrogen and oxygen atoms in total. The topological polar surface area (TPSA) is 29.3 Å². The predicted molar refractivity (Wildman–Crippen MR) is 62.3 cm³/mol. The molecule has 14 heavy (non-hydrogen) atoms. The Kier molecular flexibility index (Phi) is 5.49. The van der Waals surface area contributed by atoms with Crippen LogP contribution in [-0.4, -0.2) is 30.6 Å². The van der Waals surface area contributed by atoms with Crippen molar-refractivity contribution in [2.24, 2.45) is 11.7 Å². The van der Waals surface area contributed by atoms with E-state index in [-0.39, 0.29) is 0 Å². The molecular weight excluding hydrogens is 172 g/mol. The normalized spacial score (nSPS) is 28.3. The minimum atomic E-state index is 0.759. The van der Waals surface area contributed by atoms with Gasteiger partial charge in [-0.15, -0.1) is 0 Å². The van der Waals surface area contributed by atoms with Crippen molar-refractivity contribution in [2.45, 2.75) is 52.0 Å². The first-order valence-corrected chi connectivity index (χ1v) is 6.27. The van der Waals surface area contributed by atoms with Crippen LogP contribution in [0.2, 0.25) is 0 Å². The highest BCUT2D eigenvalue weighted by Crippen LogP contribution is 2.27. The van der Waals surface area contributed by atoms with Gasteiger partial charge in [-0.1, -0.05) is 26.7 Å². The Bertz CT molecular complexity index is 147. The molecule has 0 radical (unpaired) electrons. The van der Waals surface area contributed by atoms with Gasteiger partial charge in [0.1, 0.15) is 0 Å². The average Bonchev–Trinajstić information content (AvgIpc) is 2.26. The summed E-state index contributed by atoms with van der Waals surface area (Å²) in [5, 5.41) is 0. The third-order valence-corrected chi connectivity index (χ3v) is 3.56. The molecule has 84 valence electrons. The minimum absolute atomic E-state index is 0.759. The number of hydrogen-bond acceptors (Lipinski definition) is 2. The van der Waals surface area contributed by atoms with E-state index in [4.69, 9.17) is 5.73 Å². The molecule has 0 aromatic rings. The molecule has 2 heteroatoms. The molecule has 0 aromatic carbocycles. The van der Waals surface area contributed by atoms with Crippen LogP contribution in [0.15, 0.2) is 0 Å². The van der Waals surface area contributed by atoms with Crippen molar-refractivity contribution < 1.29 is 0 Å². The van der Waals surface area contributed by atoms with Gasteiger partial charge in [0.15, 0.2) is 0 Å². The van der Waals surface area contributed by atoms with E-state index in [0.29, 0.717) is 0 Å². The summed E-state index contributed by atoms with van der Waals surface area (Å²) >= 11 is 0. The smallest absolute Gasteiger partial charge is 0.0135 e.